The summed E-state index contributed by atoms with van der Waals surface area (Å²) >= 11 is 0. The van der Waals surface area contributed by atoms with Crippen LogP contribution in [0.15, 0.2) is 6.20 Å². The molecule has 0 radical (unpaired) electrons. The zero-order valence-electron chi connectivity index (χ0n) is 7.67. The Morgan fingerprint density at radius 3 is 2.93 bits per heavy atom. The molecular formula is C7H9N3O4S. The molecule has 0 spiro atoms. The van der Waals surface area contributed by atoms with Crippen LogP contribution >= 0.6 is 0 Å². The van der Waals surface area contributed by atoms with Crippen molar-refractivity contribution in [1.29, 1.82) is 0 Å². The van der Waals surface area contributed by atoms with Gasteiger partial charge in [-0.25, -0.2) is 8.42 Å². The first-order valence-electron chi connectivity index (χ1n) is 4.20. The number of sulfonamides is 1. The van der Waals surface area contributed by atoms with E-state index in [0.29, 0.717) is 0 Å². The molecule has 0 unspecified atom stereocenters. The minimum atomic E-state index is -3.71. The number of H-pyrrole nitrogens is 1. The highest BCUT2D eigenvalue weighted by Crippen LogP contribution is 2.22. The van der Waals surface area contributed by atoms with Gasteiger partial charge in [-0.2, -0.15) is 9.40 Å². The van der Waals surface area contributed by atoms with Crippen LogP contribution in [0.5, 0.6) is 0 Å². The fourth-order valence-corrected chi connectivity index (χ4v) is 2.63. The van der Waals surface area contributed by atoms with Crippen LogP contribution in [0.4, 0.5) is 0 Å². The quantitative estimate of drug-likeness (QED) is 0.704. The maximum Gasteiger partial charge on any atom is 0.320 e. The molecule has 15 heavy (non-hydrogen) atoms. The van der Waals surface area contributed by atoms with Crippen molar-refractivity contribution in [3.8, 4) is 0 Å². The molecule has 0 bridgehead atoms. The summed E-state index contributed by atoms with van der Waals surface area (Å²) in [7, 11) is -3.71. The van der Waals surface area contributed by atoms with Gasteiger partial charge in [-0.15, -0.1) is 0 Å². The Morgan fingerprint density at radius 1 is 1.60 bits per heavy atom. The Hall–Kier alpha value is -1.41. The number of hydrogen-bond acceptors (Lipinski definition) is 4. The van der Waals surface area contributed by atoms with Crippen LogP contribution < -0.4 is 0 Å². The van der Waals surface area contributed by atoms with Gasteiger partial charge in [0.05, 0.1) is 18.4 Å². The molecule has 0 saturated heterocycles. The molecule has 82 valence electrons. The molecule has 2 rings (SSSR count). The lowest BCUT2D eigenvalue weighted by atomic mass is 10.3. The first-order chi connectivity index (χ1) is 6.99. The Kier molecular flexibility index (Phi) is 2.24. The molecule has 2 heterocycles. The second kappa shape index (κ2) is 3.31. The van der Waals surface area contributed by atoms with E-state index in [1.54, 1.807) is 6.20 Å². The Bertz CT molecular complexity index is 472. The fraction of sp³-hybridized carbons (Fsp3) is 0.429. The van der Waals surface area contributed by atoms with Crippen molar-refractivity contribution in [2.45, 2.75) is 13.1 Å². The lowest BCUT2D eigenvalue weighted by molar-refractivity contribution is -0.134. The number of carbonyl (C=O) groups is 1. The molecule has 1 aliphatic heterocycles. The van der Waals surface area contributed by atoms with E-state index in [1.165, 1.54) is 0 Å². The Balaban J connectivity index is 2.16. The summed E-state index contributed by atoms with van der Waals surface area (Å²) in [4.78, 5) is 10.4. The number of aromatic amines is 1. The lowest BCUT2D eigenvalue weighted by Gasteiger charge is -2.13. The second-order valence-electron chi connectivity index (χ2n) is 3.29. The molecule has 0 aliphatic carbocycles. The van der Waals surface area contributed by atoms with Crippen molar-refractivity contribution in [3.05, 3.63) is 17.5 Å². The van der Waals surface area contributed by atoms with Gasteiger partial charge in [-0.3, -0.25) is 9.89 Å². The van der Waals surface area contributed by atoms with Crippen molar-refractivity contribution in [2.24, 2.45) is 0 Å². The molecule has 1 aromatic heterocycles. The van der Waals surface area contributed by atoms with Crippen molar-refractivity contribution < 1.29 is 18.3 Å². The standard InChI is InChI=1S/C7H9N3O4S/c11-7(12)4-15(13,14)10-2-5-1-8-9-6(5)3-10/h1H,2-4H2,(H,8,9)(H,11,12). The van der Waals surface area contributed by atoms with Gasteiger partial charge in [0.15, 0.2) is 5.75 Å². The first kappa shape index (κ1) is 10.1. The molecule has 0 amide bonds. The van der Waals surface area contributed by atoms with Crippen molar-refractivity contribution in [2.75, 3.05) is 5.75 Å². The second-order valence-corrected chi connectivity index (χ2v) is 5.26. The Labute approximate surface area is 85.8 Å². The highest BCUT2D eigenvalue weighted by Gasteiger charge is 2.31. The predicted octanol–water partition coefficient (Wildman–Crippen LogP) is -0.860. The zero-order valence-corrected chi connectivity index (χ0v) is 8.49. The summed E-state index contributed by atoms with van der Waals surface area (Å²) in [6.07, 6.45) is 1.55. The van der Waals surface area contributed by atoms with E-state index >= 15 is 0 Å². The number of carboxylic acids is 1. The van der Waals surface area contributed by atoms with E-state index in [2.05, 4.69) is 10.2 Å². The number of nitrogens with one attached hydrogen (secondary N) is 1. The van der Waals surface area contributed by atoms with E-state index in [0.717, 1.165) is 15.6 Å². The van der Waals surface area contributed by atoms with E-state index in [-0.39, 0.29) is 13.1 Å². The van der Waals surface area contributed by atoms with Crippen LogP contribution in [-0.2, 0) is 27.9 Å². The summed E-state index contributed by atoms with van der Waals surface area (Å²) in [5.74, 6) is -2.21. The monoisotopic (exact) mass is 231 g/mol. The summed E-state index contributed by atoms with van der Waals surface area (Å²) < 4.78 is 24.2. The summed E-state index contributed by atoms with van der Waals surface area (Å²) in [5.41, 5.74) is 1.52. The van der Waals surface area contributed by atoms with Crippen LogP contribution in [-0.4, -0.2) is 39.7 Å². The van der Waals surface area contributed by atoms with Crippen molar-refractivity contribution in [3.63, 3.8) is 0 Å². The summed E-state index contributed by atoms with van der Waals surface area (Å²) in [6.45, 7) is 0.367. The third-order valence-corrected chi connectivity index (χ3v) is 3.84. The maximum absolute atomic E-state index is 11.5. The van der Waals surface area contributed by atoms with Crippen molar-refractivity contribution >= 4 is 16.0 Å². The SMILES string of the molecule is O=C(O)CS(=O)(=O)N1Cc2cn[nH]c2C1. The fourth-order valence-electron chi connectivity index (χ4n) is 1.48. The summed E-state index contributed by atoms with van der Waals surface area (Å²) in [5, 5.41) is 14.9. The van der Waals surface area contributed by atoms with Gasteiger partial charge in [0.2, 0.25) is 10.0 Å². The summed E-state index contributed by atoms with van der Waals surface area (Å²) in [6, 6.07) is 0. The van der Waals surface area contributed by atoms with Crippen molar-refractivity contribution in [1.82, 2.24) is 14.5 Å². The van der Waals surface area contributed by atoms with Crippen LogP contribution in [0.2, 0.25) is 0 Å². The topological polar surface area (TPSA) is 103 Å². The highest BCUT2D eigenvalue weighted by molar-refractivity contribution is 7.89. The van der Waals surface area contributed by atoms with Crippen LogP contribution in [0, 0.1) is 0 Å². The molecule has 2 N–H and O–H groups in total. The van der Waals surface area contributed by atoms with Crippen LogP contribution in [0.3, 0.4) is 0 Å². The van der Waals surface area contributed by atoms with Gasteiger partial charge in [0.25, 0.3) is 0 Å². The third kappa shape index (κ3) is 1.85. The molecule has 0 aromatic carbocycles. The van der Waals surface area contributed by atoms with Gasteiger partial charge in [-0.05, 0) is 0 Å². The number of aliphatic carboxylic acids is 1. The predicted molar refractivity (Wildman–Crippen MR) is 49.3 cm³/mol. The average Bonchev–Trinajstić information content (AvgIpc) is 2.56. The number of fused-ring (bicyclic) bond motifs is 1. The average molecular weight is 231 g/mol. The molecule has 0 saturated carbocycles. The number of carboxylic acid groups (broad SMARTS) is 1. The first-order valence-corrected chi connectivity index (χ1v) is 5.81. The normalized spacial score (nSPS) is 16.5. The molecule has 0 fully saturated rings. The van der Waals surface area contributed by atoms with Crippen LogP contribution in [0.25, 0.3) is 0 Å². The number of rotatable bonds is 3. The Morgan fingerprint density at radius 2 is 2.33 bits per heavy atom. The highest BCUT2D eigenvalue weighted by atomic mass is 32.2. The van der Waals surface area contributed by atoms with Crippen LogP contribution in [0.1, 0.15) is 11.3 Å². The number of aromatic nitrogens is 2. The van der Waals surface area contributed by atoms with E-state index in [9.17, 15) is 13.2 Å². The lowest BCUT2D eigenvalue weighted by Crippen LogP contribution is -2.31. The minimum absolute atomic E-state index is 0.172. The van der Waals surface area contributed by atoms with E-state index in [1.807, 2.05) is 0 Å². The van der Waals surface area contributed by atoms with Gasteiger partial charge in [0, 0.05) is 12.1 Å². The molecule has 7 nitrogen and oxygen atoms in total. The number of hydrogen-bond donors (Lipinski definition) is 2. The largest absolute Gasteiger partial charge is 0.480 e. The molecule has 1 aromatic rings. The smallest absolute Gasteiger partial charge is 0.320 e. The van der Waals surface area contributed by atoms with Gasteiger partial charge >= 0.3 is 5.97 Å². The number of nitrogens with zero attached hydrogens (tertiary/aromatic N) is 2. The third-order valence-electron chi connectivity index (χ3n) is 2.19. The van der Waals surface area contributed by atoms with Gasteiger partial charge in [0.1, 0.15) is 0 Å². The molecule has 1 aliphatic rings. The van der Waals surface area contributed by atoms with Gasteiger partial charge in [-0.1, -0.05) is 0 Å². The van der Waals surface area contributed by atoms with E-state index in [4.69, 9.17) is 5.11 Å². The molecule has 0 atom stereocenters. The van der Waals surface area contributed by atoms with E-state index < -0.39 is 21.7 Å². The molecular weight excluding hydrogens is 222 g/mol. The molecule has 8 heteroatoms. The van der Waals surface area contributed by atoms with Gasteiger partial charge < -0.3 is 5.11 Å². The maximum atomic E-state index is 11.5. The zero-order chi connectivity index (χ0) is 11.1. The minimum Gasteiger partial charge on any atom is -0.480 e.